The van der Waals surface area contributed by atoms with E-state index in [1.807, 2.05) is 26.0 Å². The first-order valence-electron chi connectivity index (χ1n) is 9.90. The number of esters is 1. The molecule has 2 rings (SSSR count). The van der Waals surface area contributed by atoms with Crippen molar-refractivity contribution >= 4 is 29.4 Å². The molecular weight excluding hydrogens is 398 g/mol. The van der Waals surface area contributed by atoms with Gasteiger partial charge in [-0.15, -0.1) is 11.8 Å². The molecule has 0 heterocycles. The Labute approximate surface area is 182 Å². The van der Waals surface area contributed by atoms with Crippen molar-refractivity contribution in [1.29, 1.82) is 0 Å². The van der Waals surface area contributed by atoms with Crippen LogP contribution in [0.3, 0.4) is 0 Å². The Kier molecular flexibility index (Phi) is 8.24. The van der Waals surface area contributed by atoms with Gasteiger partial charge in [0, 0.05) is 16.5 Å². The molecule has 0 saturated carbocycles. The predicted molar refractivity (Wildman–Crippen MR) is 120 cm³/mol. The number of benzene rings is 2. The van der Waals surface area contributed by atoms with E-state index in [-0.39, 0.29) is 35.5 Å². The van der Waals surface area contributed by atoms with Crippen LogP contribution >= 0.6 is 11.8 Å². The maximum absolute atomic E-state index is 12.5. The lowest BCUT2D eigenvalue weighted by Crippen LogP contribution is -2.31. The maximum atomic E-state index is 12.5. The molecule has 0 spiro atoms. The van der Waals surface area contributed by atoms with Crippen LogP contribution in [0.5, 0.6) is 0 Å². The van der Waals surface area contributed by atoms with E-state index in [2.05, 4.69) is 26.1 Å². The van der Waals surface area contributed by atoms with Crippen LogP contribution in [0.25, 0.3) is 0 Å². The standard InChI is InChI=1S/C24H29NO4S/c1-16(2)25-22(27)15-30-21-9-7-6-8-19(21)23(28)29-14-20(26)17-10-12-18(13-11-17)24(3,4)5/h6-13,16H,14-15H2,1-5H3,(H,25,27). The molecule has 0 saturated heterocycles. The quantitative estimate of drug-likeness (QED) is 0.377. The lowest BCUT2D eigenvalue weighted by atomic mass is 9.86. The second kappa shape index (κ2) is 10.4. The van der Waals surface area contributed by atoms with Gasteiger partial charge in [0.2, 0.25) is 5.91 Å². The van der Waals surface area contributed by atoms with E-state index in [0.29, 0.717) is 16.0 Å². The maximum Gasteiger partial charge on any atom is 0.339 e. The topological polar surface area (TPSA) is 72.5 Å². The van der Waals surface area contributed by atoms with Crippen molar-refractivity contribution in [1.82, 2.24) is 5.32 Å². The summed E-state index contributed by atoms with van der Waals surface area (Å²) in [4.78, 5) is 37.4. The molecular formula is C24H29NO4S. The molecule has 0 radical (unpaired) electrons. The van der Waals surface area contributed by atoms with Gasteiger partial charge in [0.25, 0.3) is 0 Å². The van der Waals surface area contributed by atoms with Crippen LogP contribution in [0.4, 0.5) is 0 Å². The van der Waals surface area contributed by atoms with Crippen LogP contribution in [0.2, 0.25) is 0 Å². The fourth-order valence-electron chi connectivity index (χ4n) is 2.72. The highest BCUT2D eigenvalue weighted by Gasteiger charge is 2.18. The zero-order valence-corrected chi connectivity index (χ0v) is 19.0. The largest absolute Gasteiger partial charge is 0.454 e. The lowest BCUT2D eigenvalue weighted by molar-refractivity contribution is -0.119. The SMILES string of the molecule is CC(C)NC(=O)CSc1ccccc1C(=O)OCC(=O)c1ccc(C(C)(C)C)cc1. The smallest absolute Gasteiger partial charge is 0.339 e. The first-order valence-corrected chi connectivity index (χ1v) is 10.9. The third-order valence-corrected chi connectivity index (χ3v) is 5.40. The van der Waals surface area contributed by atoms with Crippen molar-refractivity contribution in [2.24, 2.45) is 0 Å². The summed E-state index contributed by atoms with van der Waals surface area (Å²) in [5.41, 5.74) is 1.98. The number of amides is 1. The summed E-state index contributed by atoms with van der Waals surface area (Å²) in [7, 11) is 0. The second-order valence-electron chi connectivity index (χ2n) is 8.33. The van der Waals surface area contributed by atoms with Gasteiger partial charge >= 0.3 is 5.97 Å². The number of hydrogen-bond acceptors (Lipinski definition) is 5. The molecule has 6 heteroatoms. The molecule has 0 aliphatic rings. The summed E-state index contributed by atoms with van der Waals surface area (Å²) in [6, 6.07) is 14.3. The molecule has 1 amide bonds. The minimum Gasteiger partial charge on any atom is -0.454 e. The van der Waals surface area contributed by atoms with Gasteiger partial charge in [0.05, 0.1) is 11.3 Å². The number of carbonyl (C=O) groups is 3. The molecule has 0 unspecified atom stereocenters. The molecule has 0 atom stereocenters. The lowest BCUT2D eigenvalue weighted by Gasteiger charge is -2.19. The van der Waals surface area contributed by atoms with Gasteiger partial charge in [-0.25, -0.2) is 4.79 Å². The highest BCUT2D eigenvalue weighted by atomic mass is 32.2. The molecule has 0 bridgehead atoms. The van der Waals surface area contributed by atoms with Gasteiger partial charge < -0.3 is 10.1 Å². The van der Waals surface area contributed by atoms with Crippen molar-refractivity contribution < 1.29 is 19.1 Å². The van der Waals surface area contributed by atoms with Crippen LogP contribution in [-0.4, -0.2) is 36.1 Å². The Morgan fingerprint density at radius 2 is 1.63 bits per heavy atom. The molecule has 30 heavy (non-hydrogen) atoms. The molecule has 0 aliphatic heterocycles. The van der Waals surface area contributed by atoms with Gasteiger partial charge in [-0.1, -0.05) is 57.2 Å². The van der Waals surface area contributed by atoms with Crippen LogP contribution in [0.1, 0.15) is 60.9 Å². The summed E-state index contributed by atoms with van der Waals surface area (Å²) in [5.74, 6) is -0.749. The van der Waals surface area contributed by atoms with E-state index in [1.165, 1.54) is 11.8 Å². The summed E-state index contributed by atoms with van der Waals surface area (Å²) >= 11 is 1.26. The number of ketones is 1. The Morgan fingerprint density at radius 1 is 1.00 bits per heavy atom. The molecule has 2 aromatic rings. The van der Waals surface area contributed by atoms with Gasteiger partial charge in [-0.05, 0) is 37.0 Å². The number of ether oxygens (including phenoxy) is 1. The Hall–Kier alpha value is -2.60. The van der Waals surface area contributed by atoms with Crippen molar-refractivity contribution in [3.8, 4) is 0 Å². The van der Waals surface area contributed by atoms with E-state index in [4.69, 9.17) is 4.74 Å². The zero-order chi connectivity index (χ0) is 22.3. The summed E-state index contributed by atoms with van der Waals surface area (Å²) in [6.07, 6.45) is 0. The normalized spacial score (nSPS) is 11.3. The molecule has 1 N–H and O–H groups in total. The van der Waals surface area contributed by atoms with Crippen LogP contribution < -0.4 is 5.32 Å². The van der Waals surface area contributed by atoms with Gasteiger partial charge in [-0.3, -0.25) is 9.59 Å². The van der Waals surface area contributed by atoms with E-state index in [9.17, 15) is 14.4 Å². The van der Waals surface area contributed by atoms with E-state index in [0.717, 1.165) is 5.56 Å². The minimum atomic E-state index is -0.581. The van der Waals surface area contributed by atoms with Gasteiger partial charge in [0.15, 0.2) is 12.4 Å². The average molecular weight is 428 g/mol. The Morgan fingerprint density at radius 3 is 2.23 bits per heavy atom. The third-order valence-electron chi connectivity index (χ3n) is 4.32. The molecule has 0 fully saturated rings. The minimum absolute atomic E-state index is 0.00148. The predicted octanol–water partition coefficient (Wildman–Crippen LogP) is 4.64. The van der Waals surface area contributed by atoms with Crippen LogP contribution in [0, 0.1) is 0 Å². The van der Waals surface area contributed by atoms with Crippen LogP contribution in [0.15, 0.2) is 53.4 Å². The summed E-state index contributed by atoms with van der Waals surface area (Å²) < 4.78 is 5.25. The number of carbonyl (C=O) groups excluding carboxylic acids is 3. The number of rotatable bonds is 8. The van der Waals surface area contributed by atoms with E-state index in [1.54, 1.807) is 36.4 Å². The fraction of sp³-hybridized carbons (Fsp3) is 0.375. The first-order chi connectivity index (χ1) is 14.1. The van der Waals surface area contributed by atoms with Crippen molar-refractivity contribution in [3.63, 3.8) is 0 Å². The molecule has 0 aliphatic carbocycles. The number of nitrogens with one attached hydrogen (secondary N) is 1. The van der Waals surface area contributed by atoms with E-state index < -0.39 is 5.97 Å². The second-order valence-corrected chi connectivity index (χ2v) is 9.35. The molecule has 5 nitrogen and oxygen atoms in total. The van der Waals surface area contributed by atoms with Crippen molar-refractivity contribution in [2.45, 2.75) is 51.0 Å². The van der Waals surface area contributed by atoms with Gasteiger partial charge in [0.1, 0.15) is 0 Å². The van der Waals surface area contributed by atoms with Crippen molar-refractivity contribution in [2.75, 3.05) is 12.4 Å². The molecule has 0 aromatic heterocycles. The number of Topliss-reactive ketones (excluding diaryl/α,β-unsaturated/α-hetero) is 1. The highest BCUT2D eigenvalue weighted by Crippen LogP contribution is 2.24. The number of hydrogen-bond donors (Lipinski definition) is 1. The van der Waals surface area contributed by atoms with Crippen LogP contribution in [-0.2, 0) is 14.9 Å². The molecule has 2 aromatic carbocycles. The zero-order valence-electron chi connectivity index (χ0n) is 18.2. The molecule has 160 valence electrons. The van der Waals surface area contributed by atoms with Gasteiger partial charge in [-0.2, -0.15) is 0 Å². The fourth-order valence-corrected chi connectivity index (χ4v) is 3.57. The number of thioether (sulfide) groups is 1. The summed E-state index contributed by atoms with van der Waals surface area (Å²) in [5, 5.41) is 2.81. The van der Waals surface area contributed by atoms with E-state index >= 15 is 0 Å². The Balaban J connectivity index is 1.98. The first kappa shape index (κ1) is 23.7. The highest BCUT2D eigenvalue weighted by molar-refractivity contribution is 8.00. The summed E-state index contributed by atoms with van der Waals surface area (Å²) in [6.45, 7) is 9.76. The van der Waals surface area contributed by atoms with Crippen molar-refractivity contribution in [3.05, 3.63) is 65.2 Å². The third kappa shape index (κ3) is 7.02. The Bertz CT molecular complexity index is 898. The average Bonchev–Trinajstić information content (AvgIpc) is 2.69. The monoisotopic (exact) mass is 427 g/mol.